The van der Waals surface area contributed by atoms with Crippen molar-refractivity contribution < 1.29 is 13.9 Å². The van der Waals surface area contributed by atoms with Gasteiger partial charge in [0, 0.05) is 13.2 Å². The van der Waals surface area contributed by atoms with Crippen LogP contribution in [0.15, 0.2) is 47.1 Å². The van der Waals surface area contributed by atoms with Gasteiger partial charge >= 0.3 is 0 Å². The van der Waals surface area contributed by atoms with Crippen LogP contribution in [0.1, 0.15) is 28.1 Å². The molecule has 118 valence electrons. The van der Waals surface area contributed by atoms with E-state index in [1.807, 2.05) is 18.2 Å². The van der Waals surface area contributed by atoms with Crippen molar-refractivity contribution in [2.24, 2.45) is 5.73 Å². The van der Waals surface area contributed by atoms with Crippen LogP contribution in [0.5, 0.6) is 0 Å². The Bertz CT molecular complexity index is 566. The predicted molar refractivity (Wildman–Crippen MR) is 84.5 cm³/mol. The standard InChI is InChI=1S/C17H22N2O3/c18-12-16-11-15(13-22-16)17(20)19-8-4-9-21-10-7-14-5-2-1-3-6-14/h1-3,5-6,11,13H,4,7-10,12,18H2,(H,19,20). The molecule has 0 saturated heterocycles. The van der Waals surface area contributed by atoms with Crippen molar-refractivity contribution in [3.05, 3.63) is 59.5 Å². The maximum Gasteiger partial charge on any atom is 0.254 e. The van der Waals surface area contributed by atoms with Crippen molar-refractivity contribution >= 4 is 5.91 Å². The quantitative estimate of drug-likeness (QED) is 0.696. The molecule has 0 aliphatic carbocycles. The summed E-state index contributed by atoms with van der Waals surface area (Å²) in [6.07, 6.45) is 3.11. The van der Waals surface area contributed by atoms with Crippen molar-refractivity contribution in [1.82, 2.24) is 5.32 Å². The van der Waals surface area contributed by atoms with Crippen molar-refractivity contribution in [2.45, 2.75) is 19.4 Å². The smallest absolute Gasteiger partial charge is 0.254 e. The monoisotopic (exact) mass is 302 g/mol. The maximum atomic E-state index is 11.8. The van der Waals surface area contributed by atoms with Gasteiger partial charge in [-0.15, -0.1) is 0 Å². The Kier molecular flexibility index (Phi) is 6.67. The number of ether oxygens (including phenoxy) is 1. The van der Waals surface area contributed by atoms with Gasteiger partial charge in [-0.1, -0.05) is 30.3 Å². The maximum absolute atomic E-state index is 11.8. The lowest BCUT2D eigenvalue weighted by Crippen LogP contribution is -2.24. The molecule has 0 fully saturated rings. The van der Waals surface area contributed by atoms with Gasteiger partial charge in [0.15, 0.2) is 0 Å². The molecule has 5 heteroatoms. The van der Waals surface area contributed by atoms with Crippen LogP contribution in [0.25, 0.3) is 0 Å². The summed E-state index contributed by atoms with van der Waals surface area (Å²) in [5, 5.41) is 2.83. The van der Waals surface area contributed by atoms with Gasteiger partial charge in [-0.3, -0.25) is 4.79 Å². The van der Waals surface area contributed by atoms with Gasteiger partial charge in [0.1, 0.15) is 12.0 Å². The summed E-state index contributed by atoms with van der Waals surface area (Å²) in [4.78, 5) is 11.8. The SMILES string of the molecule is NCc1cc(C(=O)NCCCOCCc2ccccc2)co1. The zero-order valence-corrected chi connectivity index (χ0v) is 12.6. The lowest BCUT2D eigenvalue weighted by molar-refractivity contribution is 0.0941. The molecule has 0 spiro atoms. The highest BCUT2D eigenvalue weighted by atomic mass is 16.5. The number of amides is 1. The second kappa shape index (κ2) is 9.02. The summed E-state index contributed by atoms with van der Waals surface area (Å²) in [6.45, 7) is 2.20. The van der Waals surface area contributed by atoms with Crippen LogP contribution in [-0.2, 0) is 17.7 Å². The zero-order valence-electron chi connectivity index (χ0n) is 12.6. The van der Waals surface area contributed by atoms with Crippen LogP contribution in [-0.4, -0.2) is 25.7 Å². The normalized spacial score (nSPS) is 10.6. The third-order valence-electron chi connectivity index (χ3n) is 3.25. The number of hydrogen-bond donors (Lipinski definition) is 2. The largest absolute Gasteiger partial charge is 0.467 e. The molecule has 2 aromatic rings. The highest BCUT2D eigenvalue weighted by Gasteiger charge is 2.08. The number of hydrogen-bond acceptors (Lipinski definition) is 4. The number of furan rings is 1. The van der Waals surface area contributed by atoms with E-state index in [4.69, 9.17) is 14.9 Å². The fraction of sp³-hybridized carbons (Fsp3) is 0.353. The molecule has 0 saturated carbocycles. The third kappa shape index (κ3) is 5.35. The second-order valence-corrected chi connectivity index (χ2v) is 4.96. The van der Waals surface area contributed by atoms with E-state index in [-0.39, 0.29) is 5.91 Å². The zero-order chi connectivity index (χ0) is 15.6. The van der Waals surface area contributed by atoms with Gasteiger partial charge in [-0.05, 0) is 24.5 Å². The van der Waals surface area contributed by atoms with E-state index in [1.165, 1.54) is 11.8 Å². The minimum atomic E-state index is -0.146. The molecule has 0 aliphatic rings. The van der Waals surface area contributed by atoms with E-state index < -0.39 is 0 Å². The molecule has 0 atom stereocenters. The van der Waals surface area contributed by atoms with Gasteiger partial charge < -0.3 is 20.2 Å². The summed E-state index contributed by atoms with van der Waals surface area (Å²) in [6, 6.07) is 11.9. The Morgan fingerprint density at radius 3 is 2.77 bits per heavy atom. The van der Waals surface area contributed by atoms with E-state index >= 15 is 0 Å². The molecule has 1 aromatic heterocycles. The Morgan fingerprint density at radius 2 is 2.05 bits per heavy atom. The van der Waals surface area contributed by atoms with Gasteiger partial charge in [-0.2, -0.15) is 0 Å². The number of nitrogens with two attached hydrogens (primary N) is 1. The van der Waals surface area contributed by atoms with E-state index in [0.29, 0.717) is 37.6 Å². The fourth-order valence-electron chi connectivity index (χ4n) is 2.02. The molecular formula is C17H22N2O3. The van der Waals surface area contributed by atoms with Crippen LogP contribution in [0.2, 0.25) is 0 Å². The lowest BCUT2D eigenvalue weighted by atomic mass is 10.2. The van der Waals surface area contributed by atoms with Crippen molar-refractivity contribution in [3.8, 4) is 0 Å². The first-order valence-electron chi connectivity index (χ1n) is 7.47. The number of carbonyl (C=O) groups is 1. The van der Waals surface area contributed by atoms with Crippen LogP contribution in [0.3, 0.4) is 0 Å². The van der Waals surface area contributed by atoms with Gasteiger partial charge in [0.25, 0.3) is 5.91 Å². The van der Waals surface area contributed by atoms with Crippen molar-refractivity contribution in [3.63, 3.8) is 0 Å². The first kappa shape index (κ1) is 16.3. The Morgan fingerprint density at radius 1 is 1.23 bits per heavy atom. The van der Waals surface area contributed by atoms with Gasteiger partial charge in [0.2, 0.25) is 0 Å². The van der Waals surface area contributed by atoms with Crippen LogP contribution >= 0.6 is 0 Å². The van der Waals surface area contributed by atoms with Crippen molar-refractivity contribution in [2.75, 3.05) is 19.8 Å². The predicted octanol–water partition coefficient (Wildman–Crippen LogP) is 2.12. The minimum Gasteiger partial charge on any atom is -0.467 e. The first-order valence-corrected chi connectivity index (χ1v) is 7.47. The molecule has 0 radical (unpaired) electrons. The fourth-order valence-corrected chi connectivity index (χ4v) is 2.02. The molecular weight excluding hydrogens is 280 g/mol. The molecule has 2 rings (SSSR count). The number of benzene rings is 1. The van der Waals surface area contributed by atoms with Crippen LogP contribution in [0.4, 0.5) is 0 Å². The molecule has 5 nitrogen and oxygen atoms in total. The minimum absolute atomic E-state index is 0.146. The summed E-state index contributed by atoms with van der Waals surface area (Å²) >= 11 is 0. The molecule has 0 bridgehead atoms. The third-order valence-corrected chi connectivity index (χ3v) is 3.25. The lowest BCUT2D eigenvalue weighted by Gasteiger charge is -2.05. The summed E-state index contributed by atoms with van der Waals surface area (Å²) in [5.74, 6) is 0.460. The Hall–Kier alpha value is -2.11. The summed E-state index contributed by atoms with van der Waals surface area (Å²) in [7, 11) is 0. The molecule has 3 N–H and O–H groups in total. The van der Waals surface area contributed by atoms with Crippen LogP contribution < -0.4 is 11.1 Å². The number of nitrogens with one attached hydrogen (secondary N) is 1. The van der Waals surface area contributed by atoms with E-state index in [1.54, 1.807) is 6.07 Å². The average molecular weight is 302 g/mol. The first-order chi connectivity index (χ1) is 10.8. The number of carbonyl (C=O) groups excluding carboxylic acids is 1. The van der Waals surface area contributed by atoms with E-state index in [2.05, 4.69) is 17.4 Å². The highest BCUT2D eigenvalue weighted by molar-refractivity contribution is 5.93. The Labute approximate surface area is 130 Å². The average Bonchev–Trinajstić information content (AvgIpc) is 3.04. The highest BCUT2D eigenvalue weighted by Crippen LogP contribution is 2.06. The second-order valence-electron chi connectivity index (χ2n) is 4.96. The van der Waals surface area contributed by atoms with Gasteiger partial charge in [-0.25, -0.2) is 0 Å². The van der Waals surface area contributed by atoms with E-state index in [9.17, 15) is 4.79 Å². The summed E-state index contributed by atoms with van der Waals surface area (Å²) in [5.41, 5.74) is 7.21. The number of rotatable bonds is 9. The molecule has 1 amide bonds. The van der Waals surface area contributed by atoms with Gasteiger partial charge in [0.05, 0.1) is 18.7 Å². The topological polar surface area (TPSA) is 77.5 Å². The molecule has 22 heavy (non-hydrogen) atoms. The van der Waals surface area contributed by atoms with Crippen molar-refractivity contribution in [1.29, 1.82) is 0 Å². The molecule has 0 aliphatic heterocycles. The van der Waals surface area contributed by atoms with E-state index in [0.717, 1.165) is 12.8 Å². The van der Waals surface area contributed by atoms with Crippen LogP contribution in [0, 0.1) is 0 Å². The molecule has 0 unspecified atom stereocenters. The Balaban J connectivity index is 1.53. The molecule has 1 heterocycles. The summed E-state index contributed by atoms with van der Waals surface area (Å²) < 4.78 is 10.7. The molecule has 1 aromatic carbocycles.